The van der Waals surface area contributed by atoms with Crippen molar-refractivity contribution in [3.05, 3.63) is 71.3 Å². The molecule has 3 amide bonds. The summed E-state index contributed by atoms with van der Waals surface area (Å²) in [6.07, 6.45) is 6.52. The van der Waals surface area contributed by atoms with Crippen LogP contribution in [0.15, 0.2) is 54.6 Å². The fraction of sp³-hybridized carbons (Fsp3) is 0.585. The van der Waals surface area contributed by atoms with Crippen LogP contribution in [-0.4, -0.2) is 108 Å². The molecule has 3 rings (SSSR count). The van der Waals surface area contributed by atoms with Gasteiger partial charge in [-0.2, -0.15) is 0 Å². The molecule has 2 atom stereocenters. The standard InChI is InChI=1S/C39H61N7O8S.C2H4O2/c40-19-7-21-52-23-25-54-26-24-53-22-8-20-43-36(47)18-17-34(38(48)44-28-31-13-15-33(16-14-31)37(41)42)45-39(49)35(27-30-9-3-1-4-10-30)46-55(50,51)29-32-11-5-2-6-12-32;1-2(3)4/h2,5-6,11-16,30,34-35,46H,1,3-4,7-10,17-29,40H2,(H3,41,42)(H,43,47)(H,44,48)(H,45,49);1H3,(H,3,4)/t34-,35+;/m0./s1. The summed E-state index contributed by atoms with van der Waals surface area (Å²) in [5, 5.41) is 23.5. The number of carboxylic acid groups (broad SMARTS) is 1. The highest BCUT2D eigenvalue weighted by molar-refractivity contribution is 7.88. The number of benzene rings is 2. The zero-order valence-electron chi connectivity index (χ0n) is 34.3. The molecule has 0 aromatic heterocycles. The van der Waals surface area contributed by atoms with E-state index in [1.54, 1.807) is 54.6 Å². The average molecular weight is 848 g/mol. The molecule has 2 aromatic carbocycles. The van der Waals surface area contributed by atoms with E-state index in [1.807, 2.05) is 0 Å². The van der Waals surface area contributed by atoms with Crippen LogP contribution in [0.2, 0.25) is 0 Å². The number of aliphatic carboxylic acids is 1. The molecule has 10 N–H and O–H groups in total. The molecule has 0 unspecified atom stereocenters. The summed E-state index contributed by atoms with van der Waals surface area (Å²) in [6, 6.07) is 13.3. The van der Waals surface area contributed by atoms with E-state index in [2.05, 4.69) is 20.7 Å². The molecule has 1 aliphatic carbocycles. The maximum Gasteiger partial charge on any atom is 0.300 e. The molecule has 17 nitrogen and oxygen atoms in total. The molecule has 1 aliphatic rings. The lowest BCUT2D eigenvalue weighted by Gasteiger charge is -2.28. The molecule has 1 saturated carbocycles. The van der Waals surface area contributed by atoms with E-state index in [4.69, 9.17) is 41.0 Å². The molecule has 18 heteroatoms. The topological polar surface area (TPSA) is 274 Å². The Kier molecular flexibility index (Phi) is 25.5. The number of hydrogen-bond donors (Lipinski definition) is 8. The number of nitrogen functional groups attached to an aromatic ring is 1. The molecule has 0 aliphatic heterocycles. The van der Waals surface area contributed by atoms with E-state index in [-0.39, 0.29) is 42.8 Å². The molecule has 330 valence electrons. The quantitative estimate of drug-likeness (QED) is 0.0348. The van der Waals surface area contributed by atoms with Crippen molar-refractivity contribution in [1.29, 1.82) is 5.41 Å². The highest BCUT2D eigenvalue weighted by Crippen LogP contribution is 2.28. The van der Waals surface area contributed by atoms with Crippen molar-refractivity contribution in [2.24, 2.45) is 17.4 Å². The largest absolute Gasteiger partial charge is 0.481 e. The molecule has 2 aromatic rings. The number of amidine groups is 1. The third kappa shape index (κ3) is 24.3. The summed E-state index contributed by atoms with van der Waals surface area (Å²) >= 11 is 0. The first-order valence-electron chi connectivity index (χ1n) is 20.2. The van der Waals surface area contributed by atoms with Crippen LogP contribution in [0.3, 0.4) is 0 Å². The van der Waals surface area contributed by atoms with Gasteiger partial charge in [-0.15, -0.1) is 0 Å². The van der Waals surface area contributed by atoms with Crippen molar-refractivity contribution < 1.29 is 46.9 Å². The predicted molar refractivity (Wildman–Crippen MR) is 225 cm³/mol. The summed E-state index contributed by atoms with van der Waals surface area (Å²) in [7, 11) is -3.92. The molecule has 0 bridgehead atoms. The van der Waals surface area contributed by atoms with Gasteiger partial charge < -0.3 is 46.7 Å². The fourth-order valence-corrected chi connectivity index (χ4v) is 7.52. The number of carbonyl (C=O) groups excluding carboxylic acids is 3. The van der Waals surface area contributed by atoms with Gasteiger partial charge in [-0.3, -0.25) is 24.6 Å². The zero-order chi connectivity index (χ0) is 43.3. The number of hydrogen-bond acceptors (Lipinski definition) is 11. The van der Waals surface area contributed by atoms with Crippen molar-refractivity contribution in [3.8, 4) is 0 Å². The maximum absolute atomic E-state index is 13.9. The highest BCUT2D eigenvalue weighted by Gasteiger charge is 2.31. The Morgan fingerprint density at radius 2 is 1.41 bits per heavy atom. The second kappa shape index (κ2) is 29.7. The van der Waals surface area contributed by atoms with Crippen LogP contribution in [0.1, 0.15) is 87.8 Å². The summed E-state index contributed by atoms with van der Waals surface area (Å²) in [6.45, 7) is 5.03. The van der Waals surface area contributed by atoms with Crippen LogP contribution < -0.4 is 32.1 Å². The molecule has 0 spiro atoms. The van der Waals surface area contributed by atoms with Crippen LogP contribution in [0.5, 0.6) is 0 Å². The number of rotatable bonds is 28. The Hall–Kier alpha value is -4.46. The first-order valence-corrected chi connectivity index (χ1v) is 21.9. The Morgan fingerprint density at radius 3 is 2.00 bits per heavy atom. The van der Waals surface area contributed by atoms with Crippen LogP contribution in [0.25, 0.3) is 0 Å². The molecule has 0 saturated heterocycles. The van der Waals surface area contributed by atoms with Crippen molar-refractivity contribution in [2.75, 3.05) is 52.7 Å². The number of nitrogens with two attached hydrogens (primary N) is 2. The van der Waals surface area contributed by atoms with Crippen molar-refractivity contribution in [1.82, 2.24) is 20.7 Å². The lowest BCUT2D eigenvalue weighted by Crippen LogP contribution is -2.54. The second-order valence-electron chi connectivity index (χ2n) is 14.3. The van der Waals surface area contributed by atoms with E-state index in [0.717, 1.165) is 51.0 Å². The van der Waals surface area contributed by atoms with Gasteiger partial charge in [0.05, 0.1) is 32.2 Å². The van der Waals surface area contributed by atoms with Gasteiger partial charge in [-0.25, -0.2) is 13.1 Å². The van der Waals surface area contributed by atoms with Crippen LogP contribution in [-0.2, 0) is 55.7 Å². The van der Waals surface area contributed by atoms with Crippen LogP contribution >= 0.6 is 0 Å². The third-order valence-corrected chi connectivity index (χ3v) is 10.5. The van der Waals surface area contributed by atoms with Crippen molar-refractivity contribution in [3.63, 3.8) is 0 Å². The molecular formula is C41H65N7O10S. The maximum atomic E-state index is 13.9. The number of carboxylic acids is 1. The lowest BCUT2D eigenvalue weighted by molar-refractivity contribution is -0.134. The van der Waals surface area contributed by atoms with Crippen molar-refractivity contribution >= 4 is 39.5 Å². The summed E-state index contributed by atoms with van der Waals surface area (Å²) in [4.78, 5) is 49.3. The van der Waals surface area contributed by atoms with Gasteiger partial charge in [-0.1, -0.05) is 86.7 Å². The third-order valence-electron chi connectivity index (χ3n) is 9.18. The predicted octanol–water partition coefficient (Wildman–Crippen LogP) is 2.31. The first kappa shape index (κ1) is 50.7. The Balaban J connectivity index is 0.00000286. The zero-order valence-corrected chi connectivity index (χ0v) is 35.1. The average Bonchev–Trinajstić information content (AvgIpc) is 3.20. The van der Waals surface area contributed by atoms with E-state index in [0.29, 0.717) is 76.7 Å². The van der Waals surface area contributed by atoms with Gasteiger partial charge in [0.1, 0.15) is 17.9 Å². The van der Waals surface area contributed by atoms with Crippen LogP contribution in [0.4, 0.5) is 0 Å². The van der Waals surface area contributed by atoms with Gasteiger partial charge in [0, 0.05) is 45.2 Å². The minimum atomic E-state index is -3.92. The Morgan fingerprint density at radius 1 is 0.814 bits per heavy atom. The number of nitrogens with one attached hydrogen (secondary N) is 5. The number of amides is 3. The Labute approximate surface area is 348 Å². The van der Waals surface area contributed by atoms with E-state index in [1.165, 1.54) is 0 Å². The lowest BCUT2D eigenvalue weighted by atomic mass is 9.85. The van der Waals surface area contributed by atoms with Crippen molar-refractivity contribution in [2.45, 2.75) is 95.5 Å². The number of ether oxygens (including phenoxy) is 3. The summed E-state index contributed by atoms with van der Waals surface area (Å²) in [5.74, 6) is -2.48. The number of sulfonamides is 1. The van der Waals surface area contributed by atoms with Gasteiger partial charge >= 0.3 is 0 Å². The molecule has 59 heavy (non-hydrogen) atoms. The second-order valence-corrected chi connectivity index (χ2v) is 16.0. The SMILES string of the molecule is CC(=O)O.N=C(N)c1ccc(CNC(=O)[C@H](CCC(=O)NCCCOCCOCCOCCCN)NC(=O)[C@@H](CC2CCCCC2)NS(=O)(=O)Cc2ccccc2)cc1. The van der Waals surface area contributed by atoms with Gasteiger partial charge in [0.25, 0.3) is 5.97 Å². The van der Waals surface area contributed by atoms with E-state index in [9.17, 15) is 22.8 Å². The minimum Gasteiger partial charge on any atom is -0.481 e. The summed E-state index contributed by atoms with van der Waals surface area (Å²) in [5.41, 5.74) is 12.9. The summed E-state index contributed by atoms with van der Waals surface area (Å²) < 4.78 is 45.7. The smallest absolute Gasteiger partial charge is 0.300 e. The molecular weight excluding hydrogens is 783 g/mol. The van der Waals surface area contributed by atoms with Gasteiger partial charge in [0.2, 0.25) is 27.7 Å². The number of carbonyl (C=O) groups is 4. The van der Waals surface area contributed by atoms with Gasteiger partial charge in [-0.05, 0) is 49.3 Å². The van der Waals surface area contributed by atoms with E-state index >= 15 is 0 Å². The van der Waals surface area contributed by atoms with Crippen LogP contribution in [0, 0.1) is 11.3 Å². The first-order chi connectivity index (χ1) is 28.3. The Bertz CT molecular complexity index is 1640. The fourth-order valence-electron chi connectivity index (χ4n) is 6.17. The molecule has 0 radical (unpaired) electrons. The molecule has 0 heterocycles. The monoisotopic (exact) mass is 847 g/mol. The normalized spacial score (nSPS) is 13.9. The molecule has 1 fully saturated rings. The minimum absolute atomic E-state index is 0.0105. The van der Waals surface area contributed by atoms with E-state index < -0.39 is 39.9 Å². The van der Waals surface area contributed by atoms with Gasteiger partial charge in [0.15, 0.2) is 0 Å². The highest BCUT2D eigenvalue weighted by atomic mass is 32.2.